The second kappa shape index (κ2) is 13.4. The van der Waals surface area contributed by atoms with Crippen molar-refractivity contribution in [3.05, 3.63) is 88.3 Å². The van der Waals surface area contributed by atoms with E-state index in [9.17, 15) is 24.6 Å². The Hall–Kier alpha value is -3.91. The first-order valence-electron chi connectivity index (χ1n) is 14.1. The lowest BCUT2D eigenvalue weighted by Gasteiger charge is -2.32. The minimum Gasteiger partial charge on any atom is -0.478 e. The number of amides is 1. The Kier molecular flexibility index (Phi) is 9.77. The van der Waals surface area contributed by atoms with Crippen LogP contribution in [0.25, 0.3) is 0 Å². The molecule has 0 aromatic heterocycles. The first-order chi connectivity index (χ1) is 19.2. The van der Waals surface area contributed by atoms with Crippen molar-refractivity contribution in [2.45, 2.75) is 64.2 Å². The molecule has 2 aromatic carbocycles. The quantitative estimate of drug-likeness (QED) is 0.277. The maximum absolute atomic E-state index is 12.6. The van der Waals surface area contributed by atoms with E-state index in [4.69, 9.17) is 0 Å². The summed E-state index contributed by atoms with van der Waals surface area (Å²) in [6.07, 6.45) is 5.59. The zero-order valence-electron chi connectivity index (χ0n) is 23.3. The smallest absolute Gasteiger partial charge is 0.334 e. The van der Waals surface area contributed by atoms with Gasteiger partial charge in [0.25, 0.3) is 0 Å². The fraction of sp³-hybridized carbons (Fsp3) is 0.406. The summed E-state index contributed by atoms with van der Waals surface area (Å²) in [5.41, 5.74) is 3.23. The lowest BCUT2D eigenvalue weighted by atomic mass is 9.80. The molecule has 8 nitrogen and oxygen atoms in total. The monoisotopic (exact) mass is 545 g/mol. The standard InChI is InChI=1S/C32H39N3O5/c1-21-28(31(37)38)30(29(32(39)40)22(2)33-21)25-12-9-13-26(20-25)34-27(36)14-7-4-8-17-35-18-15-24(16-19-35)23-10-5-3-6-11-23/h3,5-6,9-13,20,24,30,33H,4,7-8,14-19H2,1-2H3,(H,34,36)(H,37,38)(H,39,40). The third-order valence-electron chi connectivity index (χ3n) is 7.96. The van der Waals surface area contributed by atoms with Gasteiger partial charge in [-0.15, -0.1) is 0 Å². The Morgan fingerprint density at radius 2 is 1.48 bits per heavy atom. The molecule has 1 saturated heterocycles. The minimum absolute atomic E-state index is 0.0178. The average Bonchev–Trinajstić information content (AvgIpc) is 2.93. The molecule has 2 aliphatic heterocycles. The predicted octanol–water partition coefficient (Wildman–Crippen LogP) is 5.47. The number of aliphatic carboxylic acids is 2. The van der Waals surface area contributed by atoms with Crippen LogP contribution in [0, 0.1) is 0 Å². The number of hydrogen-bond acceptors (Lipinski definition) is 5. The van der Waals surface area contributed by atoms with Gasteiger partial charge in [0.1, 0.15) is 0 Å². The number of hydrogen-bond donors (Lipinski definition) is 4. The van der Waals surface area contributed by atoms with Gasteiger partial charge >= 0.3 is 11.9 Å². The summed E-state index contributed by atoms with van der Waals surface area (Å²) in [6, 6.07) is 17.5. The van der Waals surface area contributed by atoms with Gasteiger partial charge in [0.05, 0.1) is 17.1 Å². The fourth-order valence-electron chi connectivity index (χ4n) is 5.93. The highest BCUT2D eigenvalue weighted by atomic mass is 16.4. The lowest BCUT2D eigenvalue weighted by molar-refractivity contribution is -0.133. The Labute approximate surface area is 235 Å². The first-order valence-corrected chi connectivity index (χ1v) is 14.1. The van der Waals surface area contributed by atoms with Crippen molar-refractivity contribution in [2.75, 3.05) is 25.0 Å². The summed E-state index contributed by atoms with van der Waals surface area (Å²) in [4.78, 5) is 39.3. The van der Waals surface area contributed by atoms with Crippen LogP contribution in [-0.4, -0.2) is 52.6 Å². The molecule has 8 heteroatoms. The van der Waals surface area contributed by atoms with E-state index in [1.165, 1.54) is 18.4 Å². The number of anilines is 1. The van der Waals surface area contributed by atoms with Crippen LogP contribution in [0.3, 0.4) is 0 Å². The molecule has 4 N–H and O–H groups in total. The Morgan fingerprint density at radius 1 is 0.850 bits per heavy atom. The third kappa shape index (κ3) is 7.18. The number of carboxylic acid groups (broad SMARTS) is 2. The Morgan fingerprint density at radius 3 is 2.10 bits per heavy atom. The average molecular weight is 546 g/mol. The van der Waals surface area contributed by atoms with Crippen molar-refractivity contribution in [1.82, 2.24) is 10.2 Å². The van der Waals surface area contributed by atoms with Gasteiger partial charge in [-0.05, 0) is 88.3 Å². The second-order valence-electron chi connectivity index (χ2n) is 10.8. The summed E-state index contributed by atoms with van der Waals surface area (Å²) in [6.45, 7) is 6.53. The number of dihydropyridines is 1. The molecule has 1 amide bonds. The van der Waals surface area contributed by atoms with Crippen molar-refractivity contribution in [2.24, 2.45) is 0 Å². The third-order valence-corrected chi connectivity index (χ3v) is 7.96. The molecule has 2 aromatic rings. The number of benzene rings is 2. The van der Waals surface area contributed by atoms with Crippen molar-refractivity contribution in [1.29, 1.82) is 0 Å². The van der Waals surface area contributed by atoms with Gasteiger partial charge in [0, 0.05) is 23.5 Å². The van der Waals surface area contributed by atoms with E-state index >= 15 is 0 Å². The number of carbonyl (C=O) groups excluding carboxylic acids is 1. The highest BCUT2D eigenvalue weighted by Crippen LogP contribution is 2.39. The molecule has 0 spiro atoms. The summed E-state index contributed by atoms with van der Waals surface area (Å²) in [5.74, 6) is -2.78. The predicted molar refractivity (Wildman–Crippen MR) is 155 cm³/mol. The van der Waals surface area contributed by atoms with E-state index in [1.54, 1.807) is 38.1 Å². The Bertz CT molecular complexity index is 1260. The summed E-state index contributed by atoms with van der Waals surface area (Å²) in [7, 11) is 0. The lowest BCUT2D eigenvalue weighted by Crippen LogP contribution is -2.33. The minimum atomic E-state index is -1.18. The van der Waals surface area contributed by atoms with Gasteiger partial charge in [-0.2, -0.15) is 0 Å². The maximum atomic E-state index is 12.6. The van der Waals surface area contributed by atoms with Gasteiger partial charge in [-0.1, -0.05) is 48.9 Å². The number of nitrogens with one attached hydrogen (secondary N) is 2. The molecule has 0 unspecified atom stereocenters. The van der Waals surface area contributed by atoms with E-state index < -0.39 is 17.9 Å². The van der Waals surface area contributed by atoms with Crippen LogP contribution in [0.2, 0.25) is 0 Å². The van der Waals surface area contributed by atoms with Gasteiger partial charge in [-0.25, -0.2) is 9.59 Å². The van der Waals surface area contributed by atoms with E-state index in [0.29, 0.717) is 35.0 Å². The summed E-state index contributed by atoms with van der Waals surface area (Å²) < 4.78 is 0. The zero-order chi connectivity index (χ0) is 28.6. The summed E-state index contributed by atoms with van der Waals surface area (Å²) in [5, 5.41) is 25.5. The molecule has 2 heterocycles. The molecular weight excluding hydrogens is 506 g/mol. The van der Waals surface area contributed by atoms with E-state index in [1.807, 2.05) is 0 Å². The van der Waals surface area contributed by atoms with Crippen molar-refractivity contribution >= 4 is 23.5 Å². The molecule has 0 radical (unpaired) electrons. The molecule has 0 saturated carbocycles. The largest absolute Gasteiger partial charge is 0.478 e. The number of allylic oxidation sites excluding steroid dienone is 2. The van der Waals surface area contributed by atoms with Crippen LogP contribution in [0.15, 0.2) is 77.1 Å². The van der Waals surface area contributed by atoms with E-state index in [0.717, 1.165) is 38.9 Å². The molecule has 212 valence electrons. The number of likely N-dealkylation sites (tertiary alicyclic amines) is 1. The number of unbranched alkanes of at least 4 members (excludes halogenated alkanes) is 2. The Balaban J connectivity index is 1.25. The van der Waals surface area contributed by atoms with Crippen molar-refractivity contribution in [3.8, 4) is 0 Å². The molecule has 0 aliphatic carbocycles. The van der Waals surface area contributed by atoms with Crippen LogP contribution in [0.5, 0.6) is 0 Å². The molecule has 0 bridgehead atoms. The van der Waals surface area contributed by atoms with Crippen LogP contribution < -0.4 is 10.6 Å². The number of nitrogens with zero attached hydrogens (tertiary/aromatic N) is 1. The molecule has 1 fully saturated rings. The van der Waals surface area contributed by atoms with Gasteiger partial charge < -0.3 is 25.7 Å². The molecule has 4 rings (SSSR count). The van der Waals surface area contributed by atoms with Crippen molar-refractivity contribution < 1.29 is 24.6 Å². The molecular formula is C32H39N3O5. The van der Waals surface area contributed by atoms with Crippen molar-refractivity contribution in [3.63, 3.8) is 0 Å². The topological polar surface area (TPSA) is 119 Å². The highest BCUT2D eigenvalue weighted by molar-refractivity contribution is 5.98. The zero-order valence-corrected chi connectivity index (χ0v) is 23.3. The van der Waals surface area contributed by atoms with Crippen LogP contribution in [0.1, 0.15) is 75.3 Å². The van der Waals surface area contributed by atoms with Gasteiger partial charge in [0.2, 0.25) is 5.91 Å². The van der Waals surface area contributed by atoms with Crippen LogP contribution >= 0.6 is 0 Å². The maximum Gasteiger partial charge on any atom is 0.334 e. The number of piperidine rings is 1. The number of rotatable bonds is 11. The second-order valence-corrected chi connectivity index (χ2v) is 10.8. The SMILES string of the molecule is CC1=C(C(=O)O)C(c2cccc(NC(=O)CCCCCN3CCC(c4ccccc4)CC3)c2)C(C(=O)O)=C(C)N1. The summed E-state index contributed by atoms with van der Waals surface area (Å²) >= 11 is 0. The van der Waals surface area contributed by atoms with Crippen LogP contribution in [-0.2, 0) is 14.4 Å². The number of carbonyl (C=O) groups is 3. The van der Waals surface area contributed by atoms with Crippen LogP contribution in [0.4, 0.5) is 5.69 Å². The highest BCUT2D eigenvalue weighted by Gasteiger charge is 2.36. The molecule has 0 atom stereocenters. The molecule has 40 heavy (non-hydrogen) atoms. The fourth-order valence-corrected chi connectivity index (χ4v) is 5.93. The van der Waals surface area contributed by atoms with Gasteiger partial charge in [0.15, 0.2) is 0 Å². The first kappa shape index (κ1) is 29.1. The number of carboxylic acids is 2. The van der Waals surface area contributed by atoms with E-state index in [2.05, 4.69) is 45.9 Å². The van der Waals surface area contributed by atoms with E-state index in [-0.39, 0.29) is 17.1 Å². The van der Waals surface area contributed by atoms with Gasteiger partial charge in [-0.3, -0.25) is 4.79 Å². The normalized spacial score (nSPS) is 17.1. The molecule has 2 aliphatic rings.